The van der Waals surface area contributed by atoms with Gasteiger partial charge >= 0.3 is 0 Å². The average molecular weight is 701 g/mol. The Bertz CT molecular complexity index is 1580. The minimum atomic E-state index is -3.87. The lowest BCUT2D eigenvalue weighted by Gasteiger charge is -2.47. The number of fused-ring (bicyclic) bond motifs is 1. The number of carbonyl (C=O) groups excluding carboxylic acids is 3. The molecule has 6 atom stereocenters. The van der Waals surface area contributed by atoms with Gasteiger partial charge in [0.15, 0.2) is 9.84 Å². The summed E-state index contributed by atoms with van der Waals surface area (Å²) >= 11 is 0. The minimum absolute atomic E-state index is 0.0737. The van der Waals surface area contributed by atoms with E-state index in [2.05, 4.69) is 25.9 Å². The fourth-order valence-corrected chi connectivity index (χ4v) is 7.80. The third-order valence-electron chi connectivity index (χ3n) is 10.2. The number of hydrogen-bond acceptors (Lipinski definition) is 8. The van der Waals surface area contributed by atoms with Gasteiger partial charge in [0.05, 0.1) is 28.6 Å². The van der Waals surface area contributed by atoms with Crippen LogP contribution in [0.4, 0.5) is 0 Å². The minimum Gasteiger partial charge on any atom is -0.390 e. The maximum Gasteiger partial charge on any atom is 0.270 e. The average Bonchev–Trinajstić information content (AvgIpc) is 3.35. The van der Waals surface area contributed by atoms with Gasteiger partial charge in [-0.3, -0.25) is 24.0 Å². The lowest BCUT2D eigenvalue weighted by Crippen LogP contribution is -2.64. The van der Waals surface area contributed by atoms with Gasteiger partial charge < -0.3 is 21.1 Å². The van der Waals surface area contributed by atoms with Gasteiger partial charge in [-0.2, -0.15) is 5.10 Å². The first kappa shape index (κ1) is 38.5. The van der Waals surface area contributed by atoms with E-state index < -0.39 is 56.2 Å². The number of carbonyl (C=O) groups is 3. The molecule has 13 heteroatoms. The Morgan fingerprint density at radius 1 is 1.02 bits per heavy atom. The summed E-state index contributed by atoms with van der Waals surface area (Å²) < 4.78 is 25.7. The number of sulfone groups is 1. The summed E-state index contributed by atoms with van der Waals surface area (Å²) in [5, 5.41) is 24.9. The van der Waals surface area contributed by atoms with Crippen LogP contribution in [0.1, 0.15) is 88.5 Å². The van der Waals surface area contributed by atoms with Crippen LogP contribution in [0.3, 0.4) is 0 Å². The Morgan fingerprint density at radius 2 is 1.65 bits per heavy atom. The highest BCUT2D eigenvalue weighted by Gasteiger charge is 2.46. The maximum atomic E-state index is 14.2. The summed E-state index contributed by atoms with van der Waals surface area (Å²) in [6, 6.07) is 8.16. The molecule has 1 saturated carbocycles. The second-order valence-corrected chi connectivity index (χ2v) is 18.3. The maximum absolute atomic E-state index is 14.2. The summed E-state index contributed by atoms with van der Waals surface area (Å²) in [5.41, 5.74) is 1.20. The smallest absolute Gasteiger partial charge is 0.270 e. The molecule has 0 bridgehead atoms. The SMILES string of the molecule is Cc1cc(C(=O)N[C@H](C(=O)NC(Cc2ccccc2)C(O)CN2C[C@H]3CCCC[C@H]3CC2C(=O)NC(C)(C)C)C(C)(C)S(C)(=O)=O)n(C)n1. The van der Waals surface area contributed by atoms with Crippen LogP contribution in [0.2, 0.25) is 0 Å². The van der Waals surface area contributed by atoms with Crippen molar-refractivity contribution in [3.63, 3.8) is 0 Å². The van der Waals surface area contributed by atoms with Crippen LogP contribution >= 0.6 is 0 Å². The highest BCUT2D eigenvalue weighted by atomic mass is 32.2. The first-order valence-corrected chi connectivity index (χ1v) is 19.3. The van der Waals surface area contributed by atoms with Gasteiger partial charge in [0, 0.05) is 31.9 Å². The molecule has 49 heavy (non-hydrogen) atoms. The van der Waals surface area contributed by atoms with Crippen molar-refractivity contribution >= 4 is 27.6 Å². The van der Waals surface area contributed by atoms with E-state index in [1.807, 2.05) is 51.1 Å². The Hall–Kier alpha value is -3.29. The summed E-state index contributed by atoms with van der Waals surface area (Å²) in [6.07, 6.45) is 5.33. The molecule has 2 aromatic rings. The lowest BCUT2D eigenvalue weighted by molar-refractivity contribution is -0.133. The Kier molecular flexibility index (Phi) is 12.0. The lowest BCUT2D eigenvalue weighted by atomic mass is 9.72. The van der Waals surface area contributed by atoms with E-state index in [0.29, 0.717) is 30.5 Å². The quantitative estimate of drug-likeness (QED) is 0.263. The van der Waals surface area contributed by atoms with Gasteiger partial charge in [0.25, 0.3) is 5.91 Å². The molecule has 12 nitrogen and oxygen atoms in total. The zero-order valence-corrected chi connectivity index (χ0v) is 31.1. The molecule has 3 amide bonds. The number of nitrogens with one attached hydrogen (secondary N) is 3. The topological polar surface area (TPSA) is 163 Å². The van der Waals surface area contributed by atoms with Gasteiger partial charge in [-0.1, -0.05) is 49.6 Å². The number of aliphatic hydroxyl groups is 1. The molecule has 1 aromatic carbocycles. The van der Waals surface area contributed by atoms with E-state index in [4.69, 9.17) is 0 Å². The van der Waals surface area contributed by atoms with E-state index in [1.54, 1.807) is 20.0 Å². The third-order valence-corrected chi connectivity index (χ3v) is 12.4. The fraction of sp³-hybridized carbons (Fsp3) is 0.667. The largest absolute Gasteiger partial charge is 0.390 e. The van der Waals surface area contributed by atoms with Crippen LogP contribution in [0.5, 0.6) is 0 Å². The molecule has 1 saturated heterocycles. The fourth-order valence-electron chi connectivity index (χ4n) is 7.21. The monoisotopic (exact) mass is 700 g/mol. The molecular formula is C36H56N6O6S. The number of rotatable bonds is 12. The summed E-state index contributed by atoms with van der Waals surface area (Å²) in [6.45, 7) is 11.2. The Morgan fingerprint density at radius 3 is 2.22 bits per heavy atom. The molecule has 272 valence electrons. The van der Waals surface area contributed by atoms with Crippen LogP contribution in [0.15, 0.2) is 36.4 Å². The van der Waals surface area contributed by atoms with Gasteiger partial charge in [-0.25, -0.2) is 8.42 Å². The predicted octanol–water partition coefficient (Wildman–Crippen LogP) is 2.53. The predicted molar refractivity (Wildman–Crippen MR) is 190 cm³/mol. The molecule has 2 heterocycles. The molecule has 4 rings (SSSR count). The van der Waals surface area contributed by atoms with Crippen LogP contribution in [-0.2, 0) is 32.9 Å². The third kappa shape index (κ3) is 9.70. The Balaban J connectivity index is 1.64. The Labute approximate surface area is 291 Å². The molecule has 2 fully saturated rings. The van der Waals surface area contributed by atoms with Crippen LogP contribution in [0, 0.1) is 18.8 Å². The van der Waals surface area contributed by atoms with Crippen LogP contribution in [0.25, 0.3) is 0 Å². The number of aryl methyl sites for hydroxylation is 2. The van der Waals surface area contributed by atoms with Crippen molar-refractivity contribution in [3.8, 4) is 0 Å². The molecule has 1 aliphatic heterocycles. The number of aliphatic hydroxyl groups excluding tert-OH is 1. The molecule has 3 unspecified atom stereocenters. The molecule has 2 aliphatic rings. The normalized spacial score (nSPS) is 22.3. The zero-order valence-electron chi connectivity index (χ0n) is 30.3. The molecule has 1 aromatic heterocycles. The molecule has 4 N–H and O–H groups in total. The number of likely N-dealkylation sites (tertiary alicyclic amines) is 1. The molecular weight excluding hydrogens is 644 g/mol. The number of β-amino-alcohol motifs (C(OH)–C–C–N with tert-alkyl or cyclic N) is 1. The number of amides is 3. The second kappa shape index (κ2) is 15.3. The van der Waals surface area contributed by atoms with E-state index in [0.717, 1.165) is 37.5 Å². The molecule has 0 spiro atoms. The van der Waals surface area contributed by atoms with Crippen molar-refractivity contribution < 1.29 is 27.9 Å². The van der Waals surface area contributed by atoms with Crippen molar-refractivity contribution in [2.24, 2.45) is 18.9 Å². The standard InChI is InChI=1S/C36H56N6O6S/c1-23-18-28(41(7)40-23)32(44)38-31(36(5,6)49(8,47)48)34(46)37-27(19-24-14-10-9-11-15-24)30(43)22-42-21-26-17-13-12-16-25(26)20-29(42)33(45)39-35(2,3)4/h9-11,14-15,18,25-27,29-31,43H,12-13,16-17,19-22H2,1-8H3,(H,37,46)(H,38,44)(H,39,45)/t25-,26+,27?,29?,30?,31+/m0/s1. The number of benzene rings is 1. The van der Waals surface area contributed by atoms with Crippen molar-refractivity contribution in [2.45, 2.75) is 115 Å². The molecule has 0 radical (unpaired) electrons. The van der Waals surface area contributed by atoms with E-state index >= 15 is 0 Å². The first-order valence-electron chi connectivity index (χ1n) is 17.4. The summed E-state index contributed by atoms with van der Waals surface area (Å²) in [7, 11) is -2.28. The number of hydrogen-bond donors (Lipinski definition) is 4. The zero-order chi connectivity index (χ0) is 36.3. The van der Waals surface area contributed by atoms with Crippen molar-refractivity contribution in [1.29, 1.82) is 0 Å². The van der Waals surface area contributed by atoms with Crippen LogP contribution in [-0.4, -0.2) is 99.8 Å². The number of piperidine rings is 1. The van der Waals surface area contributed by atoms with Crippen molar-refractivity contribution in [3.05, 3.63) is 53.3 Å². The van der Waals surface area contributed by atoms with E-state index in [1.165, 1.54) is 18.5 Å². The van der Waals surface area contributed by atoms with Gasteiger partial charge in [0.1, 0.15) is 11.7 Å². The highest BCUT2D eigenvalue weighted by Crippen LogP contribution is 2.39. The summed E-state index contributed by atoms with van der Waals surface area (Å²) in [5.74, 6) is -0.592. The second-order valence-electron chi connectivity index (χ2n) is 15.7. The number of nitrogens with zero attached hydrogens (tertiary/aromatic N) is 3. The van der Waals surface area contributed by atoms with Gasteiger partial charge in [-0.05, 0) is 84.3 Å². The van der Waals surface area contributed by atoms with Crippen LogP contribution < -0.4 is 16.0 Å². The van der Waals surface area contributed by atoms with E-state index in [-0.39, 0.29) is 24.6 Å². The number of aromatic nitrogens is 2. The van der Waals surface area contributed by atoms with Crippen molar-refractivity contribution in [2.75, 3.05) is 19.3 Å². The van der Waals surface area contributed by atoms with Gasteiger partial charge in [-0.15, -0.1) is 0 Å². The highest BCUT2D eigenvalue weighted by molar-refractivity contribution is 7.92. The first-order chi connectivity index (χ1) is 22.8. The van der Waals surface area contributed by atoms with Crippen molar-refractivity contribution in [1.82, 2.24) is 30.6 Å². The van der Waals surface area contributed by atoms with E-state index in [9.17, 15) is 27.9 Å². The summed E-state index contributed by atoms with van der Waals surface area (Å²) in [4.78, 5) is 43.3. The van der Waals surface area contributed by atoms with Gasteiger partial charge in [0.2, 0.25) is 11.8 Å². The molecule has 1 aliphatic carbocycles.